The maximum atomic E-state index is 12.2. The van der Waals surface area contributed by atoms with Crippen LogP contribution in [-0.4, -0.2) is 20.1 Å². The number of benzene rings is 2. The average molecular weight is 367 g/mol. The quantitative estimate of drug-likeness (QED) is 0.841. The molecule has 0 aliphatic carbocycles. The summed E-state index contributed by atoms with van der Waals surface area (Å²) in [6.07, 6.45) is 0. The number of carbonyl (C=O) groups is 1. The molecule has 132 valence electrons. The van der Waals surface area contributed by atoms with Gasteiger partial charge in [0.15, 0.2) is 9.84 Å². The molecule has 2 rings (SSSR count). The molecule has 0 aromatic heterocycles. The van der Waals surface area contributed by atoms with Crippen molar-refractivity contribution in [3.8, 4) is 12.1 Å². The second-order valence-corrected chi connectivity index (χ2v) is 7.93. The summed E-state index contributed by atoms with van der Waals surface area (Å²) in [5, 5.41) is 20.2. The zero-order valence-corrected chi connectivity index (χ0v) is 15.0. The van der Waals surface area contributed by atoms with Crippen LogP contribution in [0, 0.1) is 22.7 Å². The Morgan fingerprint density at radius 3 is 2.00 bits per heavy atom. The third kappa shape index (κ3) is 5.44. The lowest BCUT2D eigenvalue weighted by molar-refractivity contribution is -0.119. The molecule has 1 N–H and O–H groups in total. The molecule has 0 bridgehead atoms. The van der Waals surface area contributed by atoms with Crippen LogP contribution in [0.4, 0.5) is 0 Å². The van der Waals surface area contributed by atoms with E-state index in [1.54, 1.807) is 43.3 Å². The van der Waals surface area contributed by atoms with Gasteiger partial charge in [-0.05, 0) is 42.3 Å². The number of sulfone groups is 1. The fourth-order valence-corrected chi connectivity index (χ4v) is 3.68. The maximum absolute atomic E-state index is 12.2. The largest absolute Gasteiger partial charge is 0.349 e. The van der Waals surface area contributed by atoms with Gasteiger partial charge < -0.3 is 5.32 Å². The minimum absolute atomic E-state index is 0.266. The lowest BCUT2D eigenvalue weighted by atomic mass is 10.1. The summed E-state index contributed by atoms with van der Waals surface area (Å²) < 4.78 is 24.4. The number of nitrogens with one attached hydrogen (secondary N) is 1. The van der Waals surface area contributed by atoms with Crippen molar-refractivity contribution in [2.75, 3.05) is 5.75 Å². The molecule has 1 amide bonds. The van der Waals surface area contributed by atoms with Crippen molar-refractivity contribution in [3.05, 3.63) is 70.8 Å². The predicted octanol–water partition coefficient (Wildman–Crippen LogP) is 2.22. The molecule has 0 radical (unpaired) electrons. The van der Waals surface area contributed by atoms with Gasteiger partial charge in [0.1, 0.15) is 5.75 Å². The molecule has 0 saturated carbocycles. The van der Waals surface area contributed by atoms with E-state index in [1.165, 1.54) is 12.1 Å². The standard InChI is InChI=1S/C19H17N3O3S/c1-14(18-8-6-16(11-21)7-9-18)22-19(23)13-26(24,25)12-17-4-2-15(10-20)3-5-17/h2-9,14H,12-13H2,1H3,(H,22,23). The monoisotopic (exact) mass is 367 g/mol. The third-order valence-corrected chi connectivity index (χ3v) is 5.21. The molecule has 26 heavy (non-hydrogen) atoms. The lowest BCUT2D eigenvalue weighted by Crippen LogP contribution is -2.32. The van der Waals surface area contributed by atoms with Crippen LogP contribution in [0.15, 0.2) is 48.5 Å². The minimum atomic E-state index is -3.63. The second-order valence-electron chi connectivity index (χ2n) is 5.86. The van der Waals surface area contributed by atoms with Gasteiger partial charge in [0.2, 0.25) is 5.91 Å². The van der Waals surface area contributed by atoms with E-state index in [0.717, 1.165) is 5.56 Å². The Morgan fingerprint density at radius 1 is 1.00 bits per heavy atom. The van der Waals surface area contributed by atoms with Gasteiger partial charge >= 0.3 is 0 Å². The summed E-state index contributed by atoms with van der Waals surface area (Å²) in [6, 6.07) is 16.5. The number of hydrogen-bond donors (Lipinski definition) is 1. The molecule has 0 fully saturated rings. The Hall–Kier alpha value is -3.16. The smallest absolute Gasteiger partial charge is 0.235 e. The predicted molar refractivity (Wildman–Crippen MR) is 96.4 cm³/mol. The summed E-state index contributed by atoms with van der Waals surface area (Å²) in [7, 11) is -3.63. The first kappa shape index (κ1) is 19.2. The Morgan fingerprint density at radius 2 is 1.50 bits per heavy atom. The van der Waals surface area contributed by atoms with Crippen LogP contribution < -0.4 is 5.32 Å². The van der Waals surface area contributed by atoms with Crippen LogP contribution in [0.25, 0.3) is 0 Å². The number of nitrogens with zero attached hydrogens (tertiary/aromatic N) is 2. The van der Waals surface area contributed by atoms with Crippen LogP contribution in [0.1, 0.15) is 35.2 Å². The highest BCUT2D eigenvalue weighted by molar-refractivity contribution is 7.91. The molecule has 0 aliphatic heterocycles. The van der Waals surface area contributed by atoms with Crippen molar-refractivity contribution >= 4 is 15.7 Å². The van der Waals surface area contributed by atoms with Crippen LogP contribution in [0.3, 0.4) is 0 Å². The zero-order valence-electron chi connectivity index (χ0n) is 14.1. The molecular formula is C19H17N3O3S. The Kier molecular flexibility index (Phi) is 6.11. The van der Waals surface area contributed by atoms with E-state index in [-0.39, 0.29) is 11.8 Å². The molecule has 0 heterocycles. The summed E-state index contributed by atoms with van der Waals surface area (Å²) in [6.45, 7) is 1.74. The number of nitriles is 2. The molecule has 0 spiro atoms. The van der Waals surface area contributed by atoms with Gasteiger partial charge in [0.25, 0.3) is 0 Å². The summed E-state index contributed by atoms with van der Waals surface area (Å²) in [5.41, 5.74) is 2.26. The molecule has 2 aromatic rings. The SMILES string of the molecule is CC(NC(=O)CS(=O)(=O)Cc1ccc(C#N)cc1)c1ccc(C#N)cc1. The maximum Gasteiger partial charge on any atom is 0.235 e. The number of carbonyl (C=O) groups excluding carboxylic acids is 1. The summed E-state index contributed by atoms with van der Waals surface area (Å²) in [4.78, 5) is 12.1. The van der Waals surface area contributed by atoms with E-state index in [9.17, 15) is 13.2 Å². The molecule has 1 atom stereocenters. The highest BCUT2D eigenvalue weighted by Gasteiger charge is 2.19. The van der Waals surface area contributed by atoms with Gasteiger partial charge in [-0.3, -0.25) is 4.79 Å². The van der Waals surface area contributed by atoms with Crippen LogP contribution in [-0.2, 0) is 20.4 Å². The van der Waals surface area contributed by atoms with E-state index in [4.69, 9.17) is 10.5 Å². The fraction of sp³-hybridized carbons (Fsp3) is 0.211. The van der Waals surface area contributed by atoms with Gasteiger partial charge in [-0.25, -0.2) is 8.42 Å². The molecule has 2 aromatic carbocycles. The number of amides is 1. The van der Waals surface area contributed by atoms with Gasteiger partial charge in [0, 0.05) is 0 Å². The highest BCUT2D eigenvalue weighted by atomic mass is 32.2. The van der Waals surface area contributed by atoms with E-state index >= 15 is 0 Å². The van der Waals surface area contributed by atoms with Crippen LogP contribution in [0.5, 0.6) is 0 Å². The second kappa shape index (κ2) is 8.28. The van der Waals surface area contributed by atoms with E-state index in [0.29, 0.717) is 16.7 Å². The number of rotatable bonds is 6. The first-order valence-electron chi connectivity index (χ1n) is 7.82. The first-order valence-corrected chi connectivity index (χ1v) is 9.64. The molecule has 1 unspecified atom stereocenters. The first-order chi connectivity index (χ1) is 12.3. The minimum Gasteiger partial charge on any atom is -0.349 e. The number of hydrogen-bond acceptors (Lipinski definition) is 5. The molecule has 0 aliphatic rings. The van der Waals surface area contributed by atoms with Crippen molar-refractivity contribution in [2.45, 2.75) is 18.7 Å². The topological polar surface area (TPSA) is 111 Å². The van der Waals surface area contributed by atoms with Crippen LogP contribution in [0.2, 0.25) is 0 Å². The van der Waals surface area contributed by atoms with Gasteiger partial charge in [-0.2, -0.15) is 10.5 Å². The highest BCUT2D eigenvalue weighted by Crippen LogP contribution is 2.14. The Bertz CT molecular complexity index is 967. The molecular weight excluding hydrogens is 350 g/mol. The van der Waals surface area contributed by atoms with Crippen molar-refractivity contribution in [1.29, 1.82) is 10.5 Å². The van der Waals surface area contributed by atoms with Crippen molar-refractivity contribution in [2.24, 2.45) is 0 Å². The molecule has 6 nitrogen and oxygen atoms in total. The molecule has 7 heteroatoms. The van der Waals surface area contributed by atoms with E-state index in [1.807, 2.05) is 12.1 Å². The van der Waals surface area contributed by atoms with Crippen molar-refractivity contribution in [1.82, 2.24) is 5.32 Å². The van der Waals surface area contributed by atoms with E-state index in [2.05, 4.69) is 5.32 Å². The average Bonchev–Trinajstić information content (AvgIpc) is 2.61. The van der Waals surface area contributed by atoms with Crippen molar-refractivity contribution in [3.63, 3.8) is 0 Å². The van der Waals surface area contributed by atoms with Gasteiger partial charge in [-0.15, -0.1) is 0 Å². The third-order valence-electron chi connectivity index (χ3n) is 3.74. The van der Waals surface area contributed by atoms with Crippen molar-refractivity contribution < 1.29 is 13.2 Å². The lowest BCUT2D eigenvalue weighted by Gasteiger charge is -2.14. The normalized spacial score (nSPS) is 11.8. The fourth-order valence-electron chi connectivity index (χ4n) is 2.39. The molecule has 0 saturated heterocycles. The van der Waals surface area contributed by atoms with Crippen LogP contribution >= 0.6 is 0 Å². The Labute approximate surface area is 152 Å². The zero-order chi connectivity index (χ0) is 19.2. The van der Waals surface area contributed by atoms with Gasteiger partial charge in [-0.1, -0.05) is 24.3 Å². The van der Waals surface area contributed by atoms with Gasteiger partial charge in [0.05, 0.1) is 35.1 Å². The summed E-state index contributed by atoms with van der Waals surface area (Å²) >= 11 is 0. The van der Waals surface area contributed by atoms with E-state index < -0.39 is 21.5 Å². The Balaban J connectivity index is 1.96. The summed E-state index contributed by atoms with van der Waals surface area (Å²) in [5.74, 6) is -1.47.